The summed E-state index contributed by atoms with van der Waals surface area (Å²) >= 11 is 6.05. The van der Waals surface area contributed by atoms with Gasteiger partial charge in [-0.3, -0.25) is 0 Å². The van der Waals surface area contributed by atoms with Gasteiger partial charge < -0.3 is 5.32 Å². The number of nitrogens with one attached hydrogen (secondary N) is 1. The third-order valence-electron chi connectivity index (χ3n) is 3.53. The first-order chi connectivity index (χ1) is 8.22. The molecule has 17 heavy (non-hydrogen) atoms. The Morgan fingerprint density at radius 2 is 2.24 bits per heavy atom. The van der Waals surface area contributed by atoms with Crippen LogP contribution in [0, 0.1) is 9.49 Å². The van der Waals surface area contributed by atoms with E-state index in [-0.39, 0.29) is 0 Å². The van der Waals surface area contributed by atoms with E-state index in [0.29, 0.717) is 6.04 Å². The van der Waals surface area contributed by atoms with Gasteiger partial charge in [0.05, 0.1) is 0 Å². The zero-order chi connectivity index (χ0) is 12.3. The Hall–Kier alpha value is 0.390. The van der Waals surface area contributed by atoms with Gasteiger partial charge in [-0.1, -0.05) is 29.3 Å². The Bertz CT molecular complexity index is 376. The van der Waals surface area contributed by atoms with Crippen molar-refractivity contribution < 1.29 is 0 Å². The van der Waals surface area contributed by atoms with Crippen molar-refractivity contribution in [1.82, 2.24) is 5.32 Å². The minimum atomic E-state index is 0.549. The molecule has 0 amide bonds. The van der Waals surface area contributed by atoms with Gasteiger partial charge in [0.1, 0.15) is 0 Å². The lowest BCUT2D eigenvalue weighted by atomic mass is 9.77. The zero-order valence-corrected chi connectivity index (χ0v) is 13.9. The Labute approximate surface area is 126 Å². The fourth-order valence-electron chi connectivity index (χ4n) is 2.36. The van der Waals surface area contributed by atoms with Gasteiger partial charge in [0.2, 0.25) is 0 Å². The summed E-state index contributed by atoms with van der Waals surface area (Å²) in [5.41, 5.74) is 1.47. The predicted octanol–water partition coefficient (Wildman–Crippen LogP) is 4.89. The van der Waals surface area contributed by atoms with E-state index in [4.69, 9.17) is 0 Å². The van der Waals surface area contributed by atoms with E-state index in [1.54, 1.807) is 0 Å². The highest BCUT2D eigenvalue weighted by Gasteiger charge is 2.29. The molecule has 1 N–H and O–H groups in total. The van der Waals surface area contributed by atoms with Crippen LogP contribution in [0.2, 0.25) is 0 Å². The molecule has 0 bridgehead atoms. The highest BCUT2D eigenvalue weighted by Crippen LogP contribution is 2.39. The Morgan fingerprint density at radius 3 is 2.82 bits per heavy atom. The van der Waals surface area contributed by atoms with Crippen LogP contribution >= 0.6 is 38.5 Å². The molecule has 94 valence electrons. The number of hydrogen-bond acceptors (Lipinski definition) is 1. The Kier molecular flexibility index (Phi) is 5.30. The zero-order valence-electron chi connectivity index (χ0n) is 10.2. The Morgan fingerprint density at radius 1 is 1.47 bits per heavy atom. The third kappa shape index (κ3) is 3.44. The van der Waals surface area contributed by atoms with Crippen LogP contribution in [0.3, 0.4) is 0 Å². The molecule has 1 nitrogen and oxygen atoms in total. The average molecular weight is 408 g/mol. The summed E-state index contributed by atoms with van der Waals surface area (Å²) in [6.07, 6.45) is 5.36. The van der Waals surface area contributed by atoms with Crippen molar-refractivity contribution in [3.8, 4) is 0 Å². The van der Waals surface area contributed by atoms with E-state index in [1.807, 2.05) is 0 Å². The summed E-state index contributed by atoms with van der Waals surface area (Å²) in [5.74, 6) is 0.837. The van der Waals surface area contributed by atoms with Gasteiger partial charge in [0.25, 0.3) is 0 Å². The normalized spacial score (nSPS) is 17.8. The third-order valence-corrected chi connectivity index (χ3v) is 5.00. The van der Waals surface area contributed by atoms with Gasteiger partial charge in [-0.2, -0.15) is 0 Å². The van der Waals surface area contributed by atoms with Gasteiger partial charge in [-0.05, 0) is 78.1 Å². The second kappa shape index (κ2) is 6.53. The number of rotatable bonds is 5. The highest BCUT2D eigenvalue weighted by molar-refractivity contribution is 14.1. The molecule has 1 atom stereocenters. The van der Waals surface area contributed by atoms with E-state index in [0.717, 1.165) is 12.5 Å². The molecule has 1 aliphatic rings. The largest absolute Gasteiger partial charge is 0.310 e. The molecule has 0 radical (unpaired) electrons. The predicted molar refractivity (Wildman–Crippen MR) is 85.2 cm³/mol. The van der Waals surface area contributed by atoms with Crippen molar-refractivity contribution >= 4 is 38.5 Å². The standard InChI is InChI=1S/C14H19BrIN/c1-2-8-17-14(10-4-3-5-10)12-9-11(15)6-7-13(12)16/h6-7,9-10,14,17H,2-5,8H2,1H3. The molecule has 1 aromatic carbocycles. The lowest BCUT2D eigenvalue weighted by Gasteiger charge is -2.35. The van der Waals surface area contributed by atoms with Crippen LogP contribution < -0.4 is 5.32 Å². The van der Waals surface area contributed by atoms with Gasteiger partial charge >= 0.3 is 0 Å². The van der Waals surface area contributed by atoms with Gasteiger partial charge in [-0.25, -0.2) is 0 Å². The van der Waals surface area contributed by atoms with Crippen LogP contribution in [0.5, 0.6) is 0 Å². The molecule has 0 aromatic heterocycles. The molecule has 0 spiro atoms. The molecular formula is C14H19BrIN. The quantitative estimate of drug-likeness (QED) is 0.685. The summed E-state index contributed by atoms with van der Waals surface area (Å²) in [5, 5.41) is 3.73. The van der Waals surface area contributed by atoms with Crippen molar-refractivity contribution in [3.05, 3.63) is 31.8 Å². The molecule has 0 aliphatic heterocycles. The van der Waals surface area contributed by atoms with Crippen LogP contribution in [0.4, 0.5) is 0 Å². The van der Waals surface area contributed by atoms with Crippen molar-refractivity contribution in [1.29, 1.82) is 0 Å². The van der Waals surface area contributed by atoms with Crippen molar-refractivity contribution in [3.63, 3.8) is 0 Å². The SMILES string of the molecule is CCCNC(c1cc(Br)ccc1I)C1CCC1. The van der Waals surface area contributed by atoms with Gasteiger partial charge in [-0.15, -0.1) is 0 Å². The molecule has 1 fully saturated rings. The molecular weight excluding hydrogens is 389 g/mol. The summed E-state index contributed by atoms with van der Waals surface area (Å²) < 4.78 is 2.57. The number of halogens is 2. The van der Waals surface area contributed by atoms with Crippen LogP contribution in [-0.4, -0.2) is 6.54 Å². The topological polar surface area (TPSA) is 12.0 Å². The number of benzene rings is 1. The van der Waals surface area contributed by atoms with Crippen molar-refractivity contribution in [2.45, 2.75) is 38.6 Å². The van der Waals surface area contributed by atoms with Crippen LogP contribution in [0.25, 0.3) is 0 Å². The van der Waals surface area contributed by atoms with Gasteiger partial charge in [0, 0.05) is 14.1 Å². The maximum Gasteiger partial charge on any atom is 0.0359 e. The molecule has 0 saturated heterocycles. The first kappa shape index (κ1) is 13.8. The van der Waals surface area contributed by atoms with Crippen molar-refractivity contribution in [2.75, 3.05) is 6.54 Å². The molecule has 1 aromatic rings. The van der Waals surface area contributed by atoms with Gasteiger partial charge in [0.15, 0.2) is 0 Å². The minimum Gasteiger partial charge on any atom is -0.310 e. The van der Waals surface area contributed by atoms with Crippen LogP contribution in [0.15, 0.2) is 22.7 Å². The first-order valence-electron chi connectivity index (χ1n) is 6.40. The summed E-state index contributed by atoms with van der Waals surface area (Å²) in [4.78, 5) is 0. The number of hydrogen-bond donors (Lipinski definition) is 1. The van der Waals surface area contributed by atoms with Crippen molar-refractivity contribution in [2.24, 2.45) is 5.92 Å². The van der Waals surface area contributed by atoms with Crippen LogP contribution in [-0.2, 0) is 0 Å². The Balaban J connectivity index is 2.20. The smallest absolute Gasteiger partial charge is 0.0359 e. The first-order valence-corrected chi connectivity index (χ1v) is 8.28. The monoisotopic (exact) mass is 407 g/mol. The van der Waals surface area contributed by atoms with E-state index in [9.17, 15) is 0 Å². The molecule has 1 saturated carbocycles. The summed E-state index contributed by atoms with van der Waals surface area (Å²) in [7, 11) is 0. The van der Waals surface area contributed by atoms with E-state index in [2.05, 4.69) is 69.0 Å². The molecule has 2 rings (SSSR count). The maximum atomic E-state index is 3.73. The van der Waals surface area contributed by atoms with E-state index < -0.39 is 0 Å². The average Bonchev–Trinajstić information content (AvgIpc) is 2.25. The fraction of sp³-hybridized carbons (Fsp3) is 0.571. The summed E-state index contributed by atoms with van der Waals surface area (Å²) in [6.45, 7) is 3.35. The summed E-state index contributed by atoms with van der Waals surface area (Å²) in [6, 6.07) is 7.17. The lowest BCUT2D eigenvalue weighted by Crippen LogP contribution is -2.33. The van der Waals surface area contributed by atoms with E-state index >= 15 is 0 Å². The lowest BCUT2D eigenvalue weighted by molar-refractivity contribution is 0.230. The molecule has 0 heterocycles. The fourth-order valence-corrected chi connectivity index (χ4v) is 3.41. The second-order valence-electron chi connectivity index (χ2n) is 4.79. The molecule has 3 heteroatoms. The highest BCUT2D eigenvalue weighted by atomic mass is 127. The van der Waals surface area contributed by atoms with E-state index in [1.165, 1.54) is 39.3 Å². The molecule has 1 unspecified atom stereocenters. The molecule has 1 aliphatic carbocycles. The minimum absolute atomic E-state index is 0.549. The second-order valence-corrected chi connectivity index (χ2v) is 6.87. The maximum absolute atomic E-state index is 3.73. The van der Waals surface area contributed by atoms with Crippen LogP contribution in [0.1, 0.15) is 44.2 Å².